The molecule has 0 spiro atoms. The van der Waals surface area contributed by atoms with E-state index < -0.39 is 0 Å². The summed E-state index contributed by atoms with van der Waals surface area (Å²) in [6, 6.07) is 0.579. The molecule has 2 rings (SSSR count). The second-order valence-electron chi connectivity index (χ2n) is 6.44. The summed E-state index contributed by atoms with van der Waals surface area (Å²) >= 11 is 0. The molecule has 0 aromatic heterocycles. The van der Waals surface area contributed by atoms with Gasteiger partial charge >= 0.3 is 5.97 Å². The summed E-state index contributed by atoms with van der Waals surface area (Å²) in [5.74, 6) is -0.0537. The molecule has 21 heavy (non-hydrogen) atoms. The number of piperidine rings is 1. The monoisotopic (exact) mass is 298 g/mol. The van der Waals surface area contributed by atoms with Gasteiger partial charge in [0.05, 0.1) is 26.2 Å². The Morgan fingerprint density at radius 2 is 1.81 bits per heavy atom. The van der Waals surface area contributed by atoms with Crippen molar-refractivity contribution in [2.45, 2.75) is 51.6 Å². The zero-order valence-electron chi connectivity index (χ0n) is 13.8. The SMILES string of the molecule is CCOC(=O)CC1(N2CCOCC2)CCN(C(C)C)CC1. The number of likely N-dealkylation sites (tertiary alicyclic amines) is 1. The van der Waals surface area contributed by atoms with Gasteiger partial charge in [-0.3, -0.25) is 9.69 Å². The maximum atomic E-state index is 12.1. The molecule has 2 heterocycles. The number of hydrogen-bond donors (Lipinski definition) is 0. The molecule has 0 N–H and O–H groups in total. The van der Waals surface area contributed by atoms with Gasteiger partial charge in [-0.15, -0.1) is 0 Å². The number of esters is 1. The van der Waals surface area contributed by atoms with Gasteiger partial charge in [-0.25, -0.2) is 0 Å². The van der Waals surface area contributed by atoms with Crippen molar-refractivity contribution in [2.24, 2.45) is 0 Å². The molecule has 0 bridgehead atoms. The highest BCUT2D eigenvalue weighted by molar-refractivity contribution is 5.71. The van der Waals surface area contributed by atoms with Crippen molar-refractivity contribution in [3.05, 3.63) is 0 Å². The number of carbonyl (C=O) groups excluding carboxylic acids is 1. The molecule has 0 aromatic rings. The standard InChI is InChI=1S/C16H30N2O3/c1-4-21-15(19)13-16(18-9-11-20-12-10-18)5-7-17(8-6-16)14(2)3/h14H,4-13H2,1-3H3. The van der Waals surface area contributed by atoms with Crippen LogP contribution in [0.15, 0.2) is 0 Å². The minimum atomic E-state index is -0.0537. The molecule has 0 aliphatic carbocycles. The molecule has 5 heteroatoms. The van der Waals surface area contributed by atoms with E-state index in [4.69, 9.17) is 9.47 Å². The van der Waals surface area contributed by atoms with Gasteiger partial charge in [-0.2, -0.15) is 0 Å². The van der Waals surface area contributed by atoms with Crippen LogP contribution in [0.4, 0.5) is 0 Å². The molecular weight excluding hydrogens is 268 g/mol. The molecule has 2 aliphatic heterocycles. The van der Waals surface area contributed by atoms with Gasteiger partial charge in [-0.1, -0.05) is 0 Å². The summed E-state index contributed by atoms with van der Waals surface area (Å²) < 4.78 is 10.7. The van der Waals surface area contributed by atoms with Crippen molar-refractivity contribution in [2.75, 3.05) is 46.0 Å². The van der Waals surface area contributed by atoms with E-state index in [1.165, 1.54) is 0 Å². The zero-order chi connectivity index (χ0) is 15.3. The molecular formula is C16H30N2O3. The first-order chi connectivity index (χ1) is 10.1. The Balaban J connectivity index is 2.05. The van der Waals surface area contributed by atoms with Crippen LogP contribution >= 0.6 is 0 Å². The summed E-state index contributed by atoms with van der Waals surface area (Å²) in [5, 5.41) is 0. The highest BCUT2D eigenvalue weighted by Gasteiger charge is 2.42. The van der Waals surface area contributed by atoms with Crippen LogP contribution in [0.2, 0.25) is 0 Å². The van der Waals surface area contributed by atoms with E-state index in [0.29, 0.717) is 19.1 Å². The van der Waals surface area contributed by atoms with E-state index in [2.05, 4.69) is 23.6 Å². The molecule has 0 saturated carbocycles. The van der Waals surface area contributed by atoms with Crippen LogP contribution < -0.4 is 0 Å². The predicted octanol–water partition coefficient (Wildman–Crippen LogP) is 1.51. The number of morpholine rings is 1. The van der Waals surface area contributed by atoms with E-state index in [9.17, 15) is 4.79 Å². The van der Waals surface area contributed by atoms with Crippen LogP contribution in [0.3, 0.4) is 0 Å². The second kappa shape index (κ2) is 7.56. The fraction of sp³-hybridized carbons (Fsp3) is 0.938. The smallest absolute Gasteiger partial charge is 0.307 e. The third-order valence-corrected chi connectivity index (χ3v) is 4.92. The molecule has 2 aliphatic rings. The van der Waals surface area contributed by atoms with Crippen molar-refractivity contribution in [3.8, 4) is 0 Å². The van der Waals surface area contributed by atoms with E-state index in [-0.39, 0.29) is 11.5 Å². The van der Waals surface area contributed by atoms with Crippen molar-refractivity contribution >= 4 is 5.97 Å². The van der Waals surface area contributed by atoms with Gasteiger partial charge in [0.1, 0.15) is 0 Å². The Hall–Kier alpha value is -0.650. The lowest BCUT2D eigenvalue weighted by Crippen LogP contribution is -2.60. The number of nitrogens with zero attached hydrogens (tertiary/aromatic N) is 2. The van der Waals surface area contributed by atoms with Crippen LogP contribution in [-0.2, 0) is 14.3 Å². The number of carbonyl (C=O) groups is 1. The van der Waals surface area contributed by atoms with E-state index in [1.807, 2.05) is 6.92 Å². The Morgan fingerprint density at radius 1 is 1.19 bits per heavy atom. The first-order valence-electron chi connectivity index (χ1n) is 8.30. The fourth-order valence-electron chi connectivity index (χ4n) is 3.58. The van der Waals surface area contributed by atoms with Gasteiger partial charge in [0.15, 0.2) is 0 Å². The molecule has 0 atom stereocenters. The molecule has 2 fully saturated rings. The fourth-order valence-corrected chi connectivity index (χ4v) is 3.58. The lowest BCUT2D eigenvalue weighted by molar-refractivity contribution is -0.149. The topological polar surface area (TPSA) is 42.0 Å². The third kappa shape index (κ3) is 4.18. The lowest BCUT2D eigenvalue weighted by Gasteiger charge is -2.50. The van der Waals surface area contributed by atoms with Gasteiger partial charge in [0.25, 0.3) is 0 Å². The quantitative estimate of drug-likeness (QED) is 0.720. The first kappa shape index (κ1) is 16.7. The zero-order valence-corrected chi connectivity index (χ0v) is 13.8. The number of hydrogen-bond acceptors (Lipinski definition) is 5. The molecule has 0 unspecified atom stereocenters. The average molecular weight is 298 g/mol. The Morgan fingerprint density at radius 3 is 2.33 bits per heavy atom. The van der Waals surface area contributed by atoms with Gasteiger partial charge in [-0.05, 0) is 33.6 Å². The first-order valence-corrected chi connectivity index (χ1v) is 8.30. The molecule has 0 radical (unpaired) electrons. The van der Waals surface area contributed by atoms with E-state index >= 15 is 0 Å². The summed E-state index contributed by atoms with van der Waals surface area (Å²) in [7, 11) is 0. The molecule has 5 nitrogen and oxygen atoms in total. The van der Waals surface area contributed by atoms with Crippen molar-refractivity contribution in [3.63, 3.8) is 0 Å². The molecule has 0 amide bonds. The predicted molar refractivity (Wildman–Crippen MR) is 82.3 cm³/mol. The largest absolute Gasteiger partial charge is 0.466 e. The second-order valence-corrected chi connectivity index (χ2v) is 6.44. The Labute approximate surface area is 128 Å². The van der Waals surface area contributed by atoms with E-state index in [0.717, 1.165) is 52.2 Å². The molecule has 2 saturated heterocycles. The maximum Gasteiger partial charge on any atom is 0.307 e. The van der Waals surface area contributed by atoms with Crippen LogP contribution in [0.1, 0.15) is 40.0 Å². The normalized spacial score (nSPS) is 24.2. The van der Waals surface area contributed by atoms with Crippen LogP contribution in [0.25, 0.3) is 0 Å². The molecule has 0 aromatic carbocycles. The minimum absolute atomic E-state index is 0.0264. The van der Waals surface area contributed by atoms with Gasteiger partial charge < -0.3 is 14.4 Å². The van der Waals surface area contributed by atoms with Crippen LogP contribution in [-0.4, -0.2) is 73.3 Å². The van der Waals surface area contributed by atoms with Crippen molar-refractivity contribution in [1.29, 1.82) is 0 Å². The number of rotatable bonds is 5. The van der Waals surface area contributed by atoms with E-state index in [1.54, 1.807) is 0 Å². The summed E-state index contributed by atoms with van der Waals surface area (Å²) in [6.45, 7) is 12.4. The minimum Gasteiger partial charge on any atom is -0.466 e. The van der Waals surface area contributed by atoms with Gasteiger partial charge in [0.2, 0.25) is 0 Å². The summed E-state index contributed by atoms with van der Waals surface area (Å²) in [4.78, 5) is 17.1. The highest BCUT2D eigenvalue weighted by atomic mass is 16.5. The lowest BCUT2D eigenvalue weighted by atomic mass is 9.82. The third-order valence-electron chi connectivity index (χ3n) is 4.92. The highest BCUT2D eigenvalue weighted by Crippen LogP contribution is 2.34. The number of ether oxygens (including phenoxy) is 2. The average Bonchev–Trinajstić information content (AvgIpc) is 2.49. The summed E-state index contributed by atoms with van der Waals surface area (Å²) in [6.07, 6.45) is 2.61. The van der Waals surface area contributed by atoms with Crippen molar-refractivity contribution in [1.82, 2.24) is 9.80 Å². The maximum absolute atomic E-state index is 12.1. The van der Waals surface area contributed by atoms with Crippen LogP contribution in [0.5, 0.6) is 0 Å². The van der Waals surface area contributed by atoms with Crippen molar-refractivity contribution < 1.29 is 14.3 Å². The van der Waals surface area contributed by atoms with Gasteiger partial charge in [0, 0.05) is 37.8 Å². The van der Waals surface area contributed by atoms with Crippen LogP contribution in [0, 0.1) is 0 Å². The Kier molecular flexibility index (Phi) is 6.02. The Bertz CT molecular complexity index is 332. The summed E-state index contributed by atoms with van der Waals surface area (Å²) in [5.41, 5.74) is -0.0264. The molecule has 122 valence electrons.